The van der Waals surface area contributed by atoms with E-state index in [0.29, 0.717) is 38.3 Å². The molecule has 3 N–H and O–H groups in total. The van der Waals surface area contributed by atoms with Gasteiger partial charge in [0.2, 0.25) is 0 Å². The highest BCUT2D eigenvalue weighted by Crippen LogP contribution is 2.58. The van der Waals surface area contributed by atoms with Crippen LogP contribution in [0.5, 0.6) is 11.5 Å². The molecule has 0 aliphatic carbocycles. The quantitative estimate of drug-likeness (QED) is 0.0673. The average molecular weight is 688 g/mol. The zero-order chi connectivity index (χ0) is 36.1. The molecule has 0 aromatic heterocycles. The van der Waals surface area contributed by atoms with Gasteiger partial charge in [-0.15, -0.1) is 0 Å². The van der Waals surface area contributed by atoms with Gasteiger partial charge in [0, 0.05) is 79.4 Å². The maximum atomic E-state index is 14.4. The van der Waals surface area contributed by atoms with Crippen LogP contribution in [0.1, 0.15) is 72.3 Å². The molecule has 0 fully saturated rings. The van der Waals surface area contributed by atoms with Crippen molar-refractivity contribution in [3.05, 3.63) is 81.9 Å². The molecule has 1 spiro atoms. The number of nitrogens with zero attached hydrogens (tertiary/aromatic N) is 2. The monoisotopic (exact) mass is 687 g/mol. The highest BCUT2D eigenvalue weighted by Gasteiger charge is 2.56. The van der Waals surface area contributed by atoms with Crippen molar-refractivity contribution in [1.82, 2.24) is 15.3 Å². The van der Waals surface area contributed by atoms with Gasteiger partial charge in [0.25, 0.3) is 5.91 Å². The standard InChI is InChI=1S/C39H53N5O6/c1-9-41-32-20-34-30(18-26(32)3)39(31-19-27(4)33(42-10-2)21-35(31)50-34)29-15-12-11-14-28(29)37(46)44(39)17-13-16-40-22-36(45)48-25-43(7)49-24-38(5,6)23-47-8/h11-12,14-15,18-21,40-42H,9-10,13,16-17,22-25H2,1-8H3. The Morgan fingerprint density at radius 1 is 0.940 bits per heavy atom. The van der Waals surface area contributed by atoms with Crippen LogP contribution < -0.4 is 20.7 Å². The molecule has 0 saturated heterocycles. The zero-order valence-electron chi connectivity index (χ0n) is 30.8. The lowest BCUT2D eigenvalue weighted by Gasteiger charge is -2.45. The molecule has 270 valence electrons. The fourth-order valence-corrected chi connectivity index (χ4v) is 6.94. The number of fused-ring (bicyclic) bond motifs is 6. The summed E-state index contributed by atoms with van der Waals surface area (Å²) in [4.78, 5) is 34.6. The van der Waals surface area contributed by atoms with E-state index < -0.39 is 5.54 Å². The molecule has 0 radical (unpaired) electrons. The van der Waals surface area contributed by atoms with E-state index in [0.717, 1.165) is 63.8 Å². The van der Waals surface area contributed by atoms with Crippen molar-refractivity contribution in [2.24, 2.45) is 5.41 Å². The third-order valence-corrected chi connectivity index (χ3v) is 9.21. The maximum absolute atomic E-state index is 14.4. The number of methoxy groups -OCH3 is 1. The summed E-state index contributed by atoms with van der Waals surface area (Å²) in [6.45, 7) is 16.0. The van der Waals surface area contributed by atoms with Crippen molar-refractivity contribution in [1.29, 1.82) is 0 Å². The van der Waals surface area contributed by atoms with Gasteiger partial charge >= 0.3 is 5.97 Å². The number of amides is 1. The van der Waals surface area contributed by atoms with Gasteiger partial charge < -0.3 is 35.1 Å². The topological polar surface area (TPSA) is 114 Å². The molecule has 50 heavy (non-hydrogen) atoms. The Kier molecular flexibility index (Phi) is 11.7. The first-order chi connectivity index (χ1) is 24.0. The number of hydroxylamine groups is 2. The Morgan fingerprint density at radius 2 is 1.56 bits per heavy atom. The molecule has 11 nitrogen and oxygen atoms in total. The van der Waals surface area contributed by atoms with Gasteiger partial charge in [-0.1, -0.05) is 32.0 Å². The Hall–Kier alpha value is -4.16. The summed E-state index contributed by atoms with van der Waals surface area (Å²) < 4.78 is 17.3. The molecule has 1 amide bonds. The number of hydrogen-bond acceptors (Lipinski definition) is 10. The Morgan fingerprint density at radius 3 is 2.16 bits per heavy atom. The molecule has 5 rings (SSSR count). The molecule has 0 bridgehead atoms. The van der Waals surface area contributed by atoms with E-state index in [1.807, 2.05) is 36.9 Å². The lowest BCUT2D eigenvalue weighted by molar-refractivity contribution is -0.212. The lowest BCUT2D eigenvalue weighted by atomic mass is 9.73. The molecule has 11 heteroatoms. The summed E-state index contributed by atoms with van der Waals surface area (Å²) in [6, 6.07) is 16.4. The summed E-state index contributed by atoms with van der Waals surface area (Å²) in [5.74, 6) is 1.02. The molecular formula is C39H53N5O6. The first kappa shape index (κ1) is 37.1. The number of rotatable bonds is 17. The van der Waals surface area contributed by atoms with E-state index in [4.69, 9.17) is 19.0 Å². The van der Waals surface area contributed by atoms with Crippen molar-refractivity contribution in [3.8, 4) is 11.5 Å². The number of carbonyl (C=O) groups is 2. The lowest BCUT2D eigenvalue weighted by Crippen LogP contribution is -2.48. The summed E-state index contributed by atoms with van der Waals surface area (Å²) in [7, 11) is 3.38. The van der Waals surface area contributed by atoms with Crippen LogP contribution in [-0.4, -0.2) is 88.7 Å². The highest BCUT2D eigenvalue weighted by atomic mass is 16.7. The summed E-state index contributed by atoms with van der Waals surface area (Å²) in [5, 5.41) is 11.6. The fourth-order valence-electron chi connectivity index (χ4n) is 6.94. The van der Waals surface area contributed by atoms with Crippen LogP contribution in [0.2, 0.25) is 0 Å². The number of aryl methyl sites for hydroxylation is 2. The summed E-state index contributed by atoms with van der Waals surface area (Å²) in [6.07, 6.45) is 0.612. The summed E-state index contributed by atoms with van der Waals surface area (Å²) in [5.41, 5.74) is 6.57. The van der Waals surface area contributed by atoms with Crippen LogP contribution >= 0.6 is 0 Å². The van der Waals surface area contributed by atoms with E-state index in [-0.39, 0.29) is 30.6 Å². The van der Waals surface area contributed by atoms with Crippen LogP contribution in [0, 0.1) is 19.3 Å². The zero-order valence-corrected chi connectivity index (χ0v) is 30.8. The molecule has 0 atom stereocenters. The number of anilines is 2. The molecule has 0 saturated carbocycles. The van der Waals surface area contributed by atoms with Crippen LogP contribution in [-0.2, 0) is 24.6 Å². The first-order valence-corrected chi connectivity index (χ1v) is 17.5. The first-order valence-electron chi connectivity index (χ1n) is 17.5. The SMILES string of the molecule is CCNc1cc2c(cc1C)C1(c3cc(C)c(NCC)cc3O2)c2ccccc2C(=O)N1CCCNCC(=O)OCN(C)OCC(C)(C)COC. The number of ether oxygens (including phenoxy) is 3. The number of nitrogens with one attached hydrogen (secondary N) is 3. The van der Waals surface area contributed by atoms with E-state index in [9.17, 15) is 9.59 Å². The second-order valence-electron chi connectivity index (χ2n) is 13.9. The van der Waals surface area contributed by atoms with Crippen LogP contribution in [0.3, 0.4) is 0 Å². The van der Waals surface area contributed by atoms with E-state index in [2.05, 4.69) is 74.0 Å². The minimum Gasteiger partial charge on any atom is -0.456 e. The summed E-state index contributed by atoms with van der Waals surface area (Å²) >= 11 is 0. The second-order valence-corrected chi connectivity index (χ2v) is 13.9. The number of carbonyl (C=O) groups excluding carboxylic acids is 2. The van der Waals surface area contributed by atoms with Gasteiger partial charge in [0.05, 0.1) is 19.8 Å². The van der Waals surface area contributed by atoms with E-state index in [1.165, 1.54) is 5.06 Å². The molecule has 2 aliphatic heterocycles. The van der Waals surface area contributed by atoms with Crippen molar-refractivity contribution in [2.75, 3.05) is 77.5 Å². The van der Waals surface area contributed by atoms with Crippen LogP contribution in [0.25, 0.3) is 0 Å². The van der Waals surface area contributed by atoms with Crippen LogP contribution in [0.4, 0.5) is 11.4 Å². The Balaban J connectivity index is 1.37. The van der Waals surface area contributed by atoms with Crippen molar-refractivity contribution in [3.63, 3.8) is 0 Å². The van der Waals surface area contributed by atoms with Gasteiger partial charge in [-0.05, 0) is 75.5 Å². The molecule has 2 heterocycles. The molecular weight excluding hydrogens is 634 g/mol. The minimum absolute atomic E-state index is 0.0112. The maximum Gasteiger partial charge on any atom is 0.321 e. The predicted molar refractivity (Wildman–Crippen MR) is 196 cm³/mol. The Bertz CT molecular complexity index is 1630. The molecule has 3 aromatic carbocycles. The molecule has 2 aliphatic rings. The van der Waals surface area contributed by atoms with E-state index >= 15 is 0 Å². The fraction of sp³-hybridized carbons (Fsp3) is 0.487. The van der Waals surface area contributed by atoms with Gasteiger partial charge in [0.15, 0.2) is 6.73 Å². The van der Waals surface area contributed by atoms with Gasteiger partial charge in [-0.3, -0.25) is 14.4 Å². The van der Waals surface area contributed by atoms with E-state index in [1.54, 1.807) is 14.2 Å². The van der Waals surface area contributed by atoms with Crippen molar-refractivity contribution in [2.45, 2.75) is 53.5 Å². The number of esters is 1. The highest BCUT2D eigenvalue weighted by molar-refractivity contribution is 6.02. The number of benzene rings is 3. The molecule has 3 aromatic rings. The third-order valence-electron chi connectivity index (χ3n) is 9.21. The normalized spacial score (nSPS) is 14.3. The largest absolute Gasteiger partial charge is 0.456 e. The van der Waals surface area contributed by atoms with Crippen molar-refractivity contribution < 1.29 is 28.6 Å². The Labute approximate surface area is 296 Å². The molecule has 0 unspecified atom stereocenters. The van der Waals surface area contributed by atoms with Gasteiger partial charge in [-0.25, -0.2) is 0 Å². The third kappa shape index (κ3) is 7.46. The minimum atomic E-state index is -0.900. The van der Waals surface area contributed by atoms with Crippen LogP contribution in [0.15, 0.2) is 48.5 Å². The number of hydrogen-bond donors (Lipinski definition) is 3. The smallest absolute Gasteiger partial charge is 0.321 e. The average Bonchev–Trinajstić information content (AvgIpc) is 3.32. The van der Waals surface area contributed by atoms with Crippen molar-refractivity contribution >= 4 is 23.3 Å². The van der Waals surface area contributed by atoms with Gasteiger partial charge in [-0.2, -0.15) is 5.06 Å². The van der Waals surface area contributed by atoms with Gasteiger partial charge in [0.1, 0.15) is 17.0 Å². The predicted octanol–water partition coefficient (Wildman–Crippen LogP) is 6.04. The second kappa shape index (κ2) is 15.8.